The number of rotatable bonds is 7. The SMILES string of the molecule is CCS(=O)(=O)Nc1ccc(-n2cc(-c3cccc(N4CC(F)(F)C4)n3)nn2)c(N2CCC3(CC2)CC3)c1. The van der Waals surface area contributed by atoms with E-state index >= 15 is 0 Å². The number of aromatic nitrogens is 4. The van der Waals surface area contributed by atoms with Gasteiger partial charge >= 0.3 is 0 Å². The molecular formula is C25H29F2N7O2S. The highest BCUT2D eigenvalue weighted by atomic mass is 32.2. The van der Waals surface area contributed by atoms with Gasteiger partial charge in [-0.25, -0.2) is 26.9 Å². The lowest BCUT2D eigenvalue weighted by Gasteiger charge is -2.39. The van der Waals surface area contributed by atoms with E-state index in [0.717, 1.165) is 37.3 Å². The van der Waals surface area contributed by atoms with Gasteiger partial charge in [0.2, 0.25) is 10.0 Å². The van der Waals surface area contributed by atoms with Gasteiger partial charge in [-0.15, -0.1) is 5.10 Å². The molecule has 1 aliphatic carbocycles. The summed E-state index contributed by atoms with van der Waals surface area (Å²) in [4.78, 5) is 8.34. The van der Waals surface area contributed by atoms with Crippen LogP contribution in [0, 0.1) is 5.41 Å². The van der Waals surface area contributed by atoms with E-state index in [2.05, 4.69) is 24.9 Å². The van der Waals surface area contributed by atoms with E-state index in [1.165, 1.54) is 17.7 Å². The molecule has 12 heteroatoms. The molecule has 0 radical (unpaired) electrons. The number of benzene rings is 1. The predicted molar refractivity (Wildman–Crippen MR) is 138 cm³/mol. The molecule has 1 saturated carbocycles. The number of piperidine rings is 1. The number of halogens is 2. The average Bonchev–Trinajstić information content (AvgIpc) is 3.43. The Labute approximate surface area is 214 Å². The summed E-state index contributed by atoms with van der Waals surface area (Å²) in [6, 6.07) is 10.7. The van der Waals surface area contributed by atoms with Crippen molar-refractivity contribution in [3.05, 3.63) is 42.6 Å². The van der Waals surface area contributed by atoms with E-state index in [0.29, 0.717) is 28.3 Å². The maximum atomic E-state index is 13.3. The minimum atomic E-state index is -3.42. The highest BCUT2D eigenvalue weighted by molar-refractivity contribution is 7.92. The van der Waals surface area contributed by atoms with Gasteiger partial charge in [0.05, 0.1) is 47.8 Å². The lowest BCUT2D eigenvalue weighted by molar-refractivity contribution is -0.0266. The molecule has 3 fully saturated rings. The van der Waals surface area contributed by atoms with E-state index in [-0.39, 0.29) is 18.8 Å². The third kappa shape index (κ3) is 4.86. The minimum Gasteiger partial charge on any atom is -0.370 e. The van der Waals surface area contributed by atoms with Gasteiger partial charge in [-0.05, 0) is 68.4 Å². The van der Waals surface area contributed by atoms with Crippen LogP contribution in [0.25, 0.3) is 17.1 Å². The molecule has 0 amide bonds. The molecule has 1 N–H and O–H groups in total. The van der Waals surface area contributed by atoms with Gasteiger partial charge in [-0.3, -0.25) is 4.72 Å². The van der Waals surface area contributed by atoms with Gasteiger partial charge in [0.15, 0.2) is 0 Å². The maximum Gasteiger partial charge on any atom is 0.282 e. The topological polar surface area (TPSA) is 96.2 Å². The van der Waals surface area contributed by atoms with Crippen LogP contribution >= 0.6 is 0 Å². The Morgan fingerprint density at radius 1 is 0.973 bits per heavy atom. The lowest BCUT2D eigenvalue weighted by Crippen LogP contribution is -2.56. The van der Waals surface area contributed by atoms with Crippen molar-refractivity contribution in [1.29, 1.82) is 0 Å². The highest BCUT2D eigenvalue weighted by Gasteiger charge is 2.45. The van der Waals surface area contributed by atoms with Crippen molar-refractivity contribution >= 4 is 27.2 Å². The van der Waals surface area contributed by atoms with Gasteiger partial charge in [0.1, 0.15) is 11.5 Å². The van der Waals surface area contributed by atoms with Crippen molar-refractivity contribution in [3.8, 4) is 17.1 Å². The summed E-state index contributed by atoms with van der Waals surface area (Å²) >= 11 is 0. The summed E-state index contributed by atoms with van der Waals surface area (Å²) in [7, 11) is -3.42. The van der Waals surface area contributed by atoms with Gasteiger partial charge < -0.3 is 9.80 Å². The molecule has 3 aliphatic rings. The standard InChI is InChI=1S/C25H29F2N7O2S/c1-2-37(35,36)30-18-6-7-21(22(14-18)32-12-10-24(8-9-24)11-13-32)34-15-20(29-31-34)19-4-3-5-23(28-19)33-16-25(26,27)17-33/h3-7,14-15,30H,2,8-13,16-17H2,1H3. The smallest absolute Gasteiger partial charge is 0.282 e. The molecule has 1 spiro atoms. The van der Waals surface area contributed by atoms with E-state index in [1.807, 2.05) is 12.1 Å². The van der Waals surface area contributed by atoms with Crippen LogP contribution in [0.1, 0.15) is 32.6 Å². The molecule has 4 heterocycles. The van der Waals surface area contributed by atoms with Crippen LogP contribution in [0.15, 0.2) is 42.6 Å². The van der Waals surface area contributed by atoms with Crippen LogP contribution in [0.4, 0.5) is 26.0 Å². The van der Waals surface area contributed by atoms with Gasteiger partial charge in [-0.2, -0.15) is 0 Å². The first-order valence-corrected chi connectivity index (χ1v) is 14.2. The molecule has 3 aromatic rings. The summed E-state index contributed by atoms with van der Waals surface area (Å²) in [6.07, 6.45) is 6.57. The molecule has 0 bridgehead atoms. The Morgan fingerprint density at radius 2 is 1.73 bits per heavy atom. The summed E-state index contributed by atoms with van der Waals surface area (Å²) in [5.74, 6) is -2.21. The zero-order valence-electron chi connectivity index (χ0n) is 20.6. The minimum absolute atomic E-state index is 0.0100. The molecule has 196 valence electrons. The van der Waals surface area contributed by atoms with E-state index in [9.17, 15) is 17.2 Å². The first-order valence-electron chi connectivity index (χ1n) is 12.6. The van der Waals surface area contributed by atoms with Crippen LogP contribution in [-0.2, 0) is 10.0 Å². The molecular weight excluding hydrogens is 500 g/mol. The van der Waals surface area contributed by atoms with Crippen LogP contribution in [-0.4, -0.2) is 66.3 Å². The Bertz CT molecular complexity index is 1420. The normalized spacial score (nSPS) is 20.1. The fourth-order valence-corrected chi connectivity index (χ4v) is 5.73. The molecule has 1 aromatic carbocycles. The van der Waals surface area contributed by atoms with Gasteiger partial charge in [0, 0.05) is 13.1 Å². The van der Waals surface area contributed by atoms with E-state index < -0.39 is 15.9 Å². The summed E-state index contributed by atoms with van der Waals surface area (Å²) in [5, 5.41) is 8.64. The van der Waals surface area contributed by atoms with Crippen molar-refractivity contribution in [2.45, 2.75) is 38.5 Å². The zero-order valence-corrected chi connectivity index (χ0v) is 21.4. The first-order chi connectivity index (χ1) is 17.6. The summed E-state index contributed by atoms with van der Waals surface area (Å²) in [5.41, 5.74) is 3.73. The molecule has 2 saturated heterocycles. The van der Waals surface area contributed by atoms with Gasteiger partial charge in [0.25, 0.3) is 5.92 Å². The Morgan fingerprint density at radius 3 is 2.41 bits per heavy atom. The molecule has 37 heavy (non-hydrogen) atoms. The highest BCUT2D eigenvalue weighted by Crippen LogP contribution is 2.54. The van der Waals surface area contributed by atoms with E-state index in [4.69, 9.17) is 0 Å². The first kappa shape index (κ1) is 24.1. The van der Waals surface area contributed by atoms with E-state index in [1.54, 1.807) is 42.1 Å². The summed E-state index contributed by atoms with van der Waals surface area (Å²) < 4.78 is 55.4. The number of nitrogens with zero attached hydrogens (tertiary/aromatic N) is 6. The number of pyridine rings is 1. The maximum absolute atomic E-state index is 13.3. The number of alkyl halides is 2. The average molecular weight is 530 g/mol. The lowest BCUT2D eigenvalue weighted by atomic mass is 9.93. The quantitative estimate of drug-likeness (QED) is 0.496. The molecule has 0 atom stereocenters. The molecule has 6 rings (SSSR count). The predicted octanol–water partition coefficient (Wildman–Crippen LogP) is 3.93. The van der Waals surface area contributed by atoms with Crippen molar-refractivity contribution in [1.82, 2.24) is 20.0 Å². The van der Waals surface area contributed by atoms with Crippen molar-refractivity contribution < 1.29 is 17.2 Å². The zero-order chi connectivity index (χ0) is 25.8. The fourth-order valence-electron chi connectivity index (χ4n) is 5.10. The molecule has 2 aromatic heterocycles. The van der Waals surface area contributed by atoms with Crippen LogP contribution in [0.3, 0.4) is 0 Å². The van der Waals surface area contributed by atoms with Crippen molar-refractivity contribution in [2.24, 2.45) is 5.41 Å². The third-order valence-corrected chi connectivity index (χ3v) is 8.96. The number of hydrogen-bond acceptors (Lipinski definition) is 7. The Balaban J connectivity index is 1.30. The molecule has 9 nitrogen and oxygen atoms in total. The fraction of sp³-hybridized carbons (Fsp3) is 0.480. The second-order valence-corrected chi connectivity index (χ2v) is 12.3. The number of anilines is 3. The van der Waals surface area contributed by atoms with Crippen LogP contribution < -0.4 is 14.5 Å². The van der Waals surface area contributed by atoms with Crippen molar-refractivity contribution in [2.75, 3.05) is 46.5 Å². The van der Waals surface area contributed by atoms with Gasteiger partial charge in [-0.1, -0.05) is 11.3 Å². The van der Waals surface area contributed by atoms with Crippen molar-refractivity contribution in [3.63, 3.8) is 0 Å². The second-order valence-electron chi connectivity index (χ2n) is 10.3. The van der Waals surface area contributed by atoms with Crippen LogP contribution in [0.2, 0.25) is 0 Å². The number of nitrogens with one attached hydrogen (secondary N) is 1. The van der Waals surface area contributed by atoms with Crippen LogP contribution in [0.5, 0.6) is 0 Å². The molecule has 2 aliphatic heterocycles. The monoisotopic (exact) mass is 529 g/mol. The Kier molecular flexibility index (Phi) is 5.62. The largest absolute Gasteiger partial charge is 0.370 e. The third-order valence-electron chi connectivity index (χ3n) is 7.66. The number of sulfonamides is 1. The summed E-state index contributed by atoms with van der Waals surface area (Å²) in [6.45, 7) is 2.70. The Hall–Kier alpha value is -3.28. The number of hydrogen-bond donors (Lipinski definition) is 1. The second kappa shape index (κ2) is 8.64. The molecule has 0 unspecified atom stereocenters.